The van der Waals surface area contributed by atoms with Crippen LogP contribution in [-0.4, -0.2) is 21.3 Å². The third kappa shape index (κ3) is 2.89. The summed E-state index contributed by atoms with van der Waals surface area (Å²) in [5.74, 6) is 0. The van der Waals surface area contributed by atoms with Gasteiger partial charge in [-0.2, -0.15) is 0 Å². The number of hydrogen-bond acceptors (Lipinski definition) is 3. The Hall–Kier alpha value is -1.97. The molecule has 0 spiro atoms. The highest BCUT2D eigenvalue weighted by atomic mass is 16.1. The van der Waals surface area contributed by atoms with Crippen molar-refractivity contribution in [3.63, 3.8) is 0 Å². The first-order valence-corrected chi connectivity index (χ1v) is 6.36. The van der Waals surface area contributed by atoms with Gasteiger partial charge in [-0.25, -0.2) is 4.68 Å². The number of rotatable bonds is 3. The van der Waals surface area contributed by atoms with Gasteiger partial charge in [0.2, 0.25) is 0 Å². The smallest absolute Gasteiger partial charge is 0.172 e. The molecule has 4 heteroatoms. The Morgan fingerprint density at radius 1 is 1.21 bits per heavy atom. The Labute approximate surface area is 113 Å². The third-order valence-corrected chi connectivity index (χ3v) is 3.04. The molecule has 1 heterocycles. The van der Waals surface area contributed by atoms with Crippen LogP contribution < -0.4 is 0 Å². The number of hydrogen-bond donors (Lipinski definition) is 0. The van der Waals surface area contributed by atoms with E-state index in [0.29, 0.717) is 12.2 Å². The highest BCUT2D eigenvalue weighted by Gasteiger charge is 2.25. The number of aromatic nitrogens is 3. The molecular formula is C15H19N3O. The van der Waals surface area contributed by atoms with Gasteiger partial charge in [0, 0.05) is 5.41 Å². The van der Waals surface area contributed by atoms with Crippen LogP contribution in [0.25, 0.3) is 0 Å². The van der Waals surface area contributed by atoms with Crippen molar-refractivity contribution < 1.29 is 4.79 Å². The Bertz CT molecular complexity index is 576. The molecule has 0 atom stereocenters. The second kappa shape index (κ2) is 4.96. The molecule has 4 nitrogen and oxygen atoms in total. The van der Waals surface area contributed by atoms with Crippen molar-refractivity contribution in [3.05, 3.63) is 46.8 Å². The van der Waals surface area contributed by atoms with E-state index in [2.05, 4.69) is 62.3 Å². The van der Waals surface area contributed by atoms with Crippen LogP contribution in [0.15, 0.2) is 24.3 Å². The summed E-state index contributed by atoms with van der Waals surface area (Å²) >= 11 is 0. The standard InChI is InChI=1S/C15H19N3O/c1-11-5-7-12(8-6-11)9-18-14(15(2,3)4)13(10-19)16-17-18/h5-8,10H,9H2,1-4H3. The first-order valence-electron chi connectivity index (χ1n) is 6.36. The summed E-state index contributed by atoms with van der Waals surface area (Å²) in [7, 11) is 0. The van der Waals surface area contributed by atoms with E-state index in [-0.39, 0.29) is 5.41 Å². The van der Waals surface area contributed by atoms with Gasteiger partial charge in [0.15, 0.2) is 6.29 Å². The molecule has 0 aliphatic rings. The molecule has 1 aromatic carbocycles. The molecule has 0 aliphatic heterocycles. The van der Waals surface area contributed by atoms with Gasteiger partial charge < -0.3 is 0 Å². The summed E-state index contributed by atoms with van der Waals surface area (Å²) in [5, 5.41) is 8.07. The van der Waals surface area contributed by atoms with Crippen LogP contribution in [0.1, 0.15) is 48.1 Å². The highest BCUT2D eigenvalue weighted by molar-refractivity contribution is 5.73. The Kier molecular flexibility index (Phi) is 3.51. The van der Waals surface area contributed by atoms with Gasteiger partial charge >= 0.3 is 0 Å². The molecule has 100 valence electrons. The molecule has 0 unspecified atom stereocenters. The van der Waals surface area contributed by atoms with E-state index in [9.17, 15) is 4.79 Å². The zero-order valence-corrected chi connectivity index (χ0v) is 11.8. The number of carbonyl (C=O) groups excluding carboxylic acids is 1. The number of aldehydes is 1. The summed E-state index contributed by atoms with van der Waals surface area (Å²) < 4.78 is 1.81. The van der Waals surface area contributed by atoms with E-state index in [1.54, 1.807) is 0 Å². The van der Waals surface area contributed by atoms with Gasteiger partial charge in [-0.05, 0) is 12.5 Å². The van der Waals surface area contributed by atoms with Crippen molar-refractivity contribution in [1.82, 2.24) is 15.0 Å². The summed E-state index contributed by atoms with van der Waals surface area (Å²) in [6.45, 7) is 8.87. The van der Waals surface area contributed by atoms with E-state index < -0.39 is 0 Å². The van der Waals surface area contributed by atoms with E-state index in [1.807, 2.05) is 4.68 Å². The van der Waals surface area contributed by atoms with Crippen LogP contribution in [0.5, 0.6) is 0 Å². The summed E-state index contributed by atoms with van der Waals surface area (Å²) in [5.41, 5.74) is 3.53. The maximum absolute atomic E-state index is 11.1. The van der Waals surface area contributed by atoms with Crippen molar-refractivity contribution >= 4 is 6.29 Å². The zero-order chi connectivity index (χ0) is 14.0. The Balaban J connectivity index is 2.38. The SMILES string of the molecule is Cc1ccc(Cn2nnc(C=O)c2C(C)(C)C)cc1. The molecule has 1 aromatic heterocycles. The normalized spacial score (nSPS) is 11.6. The van der Waals surface area contributed by atoms with Crippen molar-refractivity contribution in [2.45, 2.75) is 39.7 Å². The molecular weight excluding hydrogens is 238 g/mol. The van der Waals surface area contributed by atoms with Crippen molar-refractivity contribution in [2.24, 2.45) is 0 Å². The fourth-order valence-electron chi connectivity index (χ4n) is 2.15. The second-order valence-electron chi connectivity index (χ2n) is 5.83. The van der Waals surface area contributed by atoms with E-state index >= 15 is 0 Å². The van der Waals surface area contributed by atoms with E-state index in [0.717, 1.165) is 17.5 Å². The fourth-order valence-corrected chi connectivity index (χ4v) is 2.15. The number of nitrogens with zero attached hydrogens (tertiary/aromatic N) is 3. The predicted molar refractivity (Wildman–Crippen MR) is 74.4 cm³/mol. The van der Waals surface area contributed by atoms with Gasteiger partial charge in [0.05, 0.1) is 12.2 Å². The molecule has 0 saturated carbocycles. The van der Waals surface area contributed by atoms with Crippen LogP contribution >= 0.6 is 0 Å². The van der Waals surface area contributed by atoms with E-state index in [1.165, 1.54) is 5.56 Å². The summed E-state index contributed by atoms with van der Waals surface area (Å²) in [6, 6.07) is 8.29. The molecule has 0 bridgehead atoms. The van der Waals surface area contributed by atoms with Crippen molar-refractivity contribution in [3.8, 4) is 0 Å². The predicted octanol–water partition coefficient (Wildman–Crippen LogP) is 2.74. The number of benzene rings is 1. The highest BCUT2D eigenvalue weighted by Crippen LogP contribution is 2.24. The van der Waals surface area contributed by atoms with Gasteiger partial charge in [0.25, 0.3) is 0 Å². The minimum absolute atomic E-state index is 0.162. The van der Waals surface area contributed by atoms with Gasteiger partial charge in [-0.3, -0.25) is 4.79 Å². The minimum Gasteiger partial charge on any atom is -0.296 e. The quantitative estimate of drug-likeness (QED) is 0.794. The lowest BCUT2D eigenvalue weighted by Crippen LogP contribution is -2.20. The van der Waals surface area contributed by atoms with Gasteiger partial charge in [0.1, 0.15) is 5.69 Å². The largest absolute Gasteiger partial charge is 0.296 e. The number of carbonyl (C=O) groups is 1. The summed E-state index contributed by atoms with van der Waals surface area (Å²) in [4.78, 5) is 11.1. The molecule has 19 heavy (non-hydrogen) atoms. The number of aryl methyl sites for hydroxylation is 1. The van der Waals surface area contributed by atoms with Crippen molar-refractivity contribution in [1.29, 1.82) is 0 Å². The maximum Gasteiger partial charge on any atom is 0.172 e. The zero-order valence-electron chi connectivity index (χ0n) is 11.8. The molecule has 0 N–H and O–H groups in total. The maximum atomic E-state index is 11.1. The first kappa shape index (κ1) is 13.5. The molecule has 0 saturated heterocycles. The van der Waals surface area contributed by atoms with Crippen LogP contribution in [0, 0.1) is 6.92 Å². The van der Waals surface area contributed by atoms with Gasteiger partial charge in [-0.15, -0.1) is 5.10 Å². The average Bonchev–Trinajstić information content (AvgIpc) is 2.75. The van der Waals surface area contributed by atoms with Crippen molar-refractivity contribution in [2.75, 3.05) is 0 Å². The Morgan fingerprint density at radius 3 is 2.37 bits per heavy atom. The van der Waals surface area contributed by atoms with Gasteiger partial charge in [-0.1, -0.05) is 55.8 Å². The lowest BCUT2D eigenvalue weighted by molar-refractivity contribution is 0.111. The molecule has 0 amide bonds. The lowest BCUT2D eigenvalue weighted by atomic mass is 9.90. The third-order valence-electron chi connectivity index (χ3n) is 3.04. The minimum atomic E-state index is -0.162. The summed E-state index contributed by atoms with van der Waals surface area (Å²) in [6.07, 6.45) is 0.777. The van der Waals surface area contributed by atoms with E-state index in [4.69, 9.17) is 0 Å². The second-order valence-corrected chi connectivity index (χ2v) is 5.83. The van der Waals surface area contributed by atoms with Crippen LogP contribution in [0.4, 0.5) is 0 Å². The molecule has 2 rings (SSSR count). The Morgan fingerprint density at radius 2 is 1.84 bits per heavy atom. The fraction of sp³-hybridized carbons (Fsp3) is 0.400. The van der Waals surface area contributed by atoms with Crippen LogP contribution in [-0.2, 0) is 12.0 Å². The first-order chi connectivity index (χ1) is 8.91. The topological polar surface area (TPSA) is 47.8 Å². The molecule has 0 aliphatic carbocycles. The molecule has 2 aromatic rings. The van der Waals surface area contributed by atoms with Crippen LogP contribution in [0.2, 0.25) is 0 Å². The molecule has 0 radical (unpaired) electrons. The average molecular weight is 257 g/mol. The molecule has 0 fully saturated rings. The monoisotopic (exact) mass is 257 g/mol. The van der Waals surface area contributed by atoms with Crippen LogP contribution in [0.3, 0.4) is 0 Å². The lowest BCUT2D eigenvalue weighted by Gasteiger charge is -2.20.